The highest BCUT2D eigenvalue weighted by atomic mass is 127. The summed E-state index contributed by atoms with van der Waals surface area (Å²) in [5.41, 5.74) is 1.31. The van der Waals surface area contributed by atoms with E-state index in [1.807, 2.05) is 19.2 Å². The van der Waals surface area contributed by atoms with E-state index in [1.165, 1.54) is 5.56 Å². The van der Waals surface area contributed by atoms with Crippen molar-refractivity contribution in [2.75, 3.05) is 20.7 Å². The second-order valence-corrected chi connectivity index (χ2v) is 8.45. The summed E-state index contributed by atoms with van der Waals surface area (Å²) in [6.07, 6.45) is 7.38. The van der Waals surface area contributed by atoms with Crippen molar-refractivity contribution in [2.45, 2.75) is 69.9 Å². The van der Waals surface area contributed by atoms with Crippen molar-refractivity contribution >= 4 is 35.8 Å². The van der Waals surface area contributed by atoms with Gasteiger partial charge in [0.25, 0.3) is 0 Å². The first-order valence-electron chi connectivity index (χ1n) is 11.0. The van der Waals surface area contributed by atoms with Gasteiger partial charge < -0.3 is 20.7 Å². The molecule has 3 N–H and O–H groups in total. The summed E-state index contributed by atoms with van der Waals surface area (Å²) >= 11 is 0. The van der Waals surface area contributed by atoms with Gasteiger partial charge in [0.15, 0.2) is 5.96 Å². The number of carbonyl (C=O) groups is 1. The molecule has 2 aliphatic carbocycles. The monoisotopic (exact) mass is 528 g/mol. The number of carbonyl (C=O) groups excluding carboxylic acids is 1. The number of nitrogens with zero attached hydrogens (tertiary/aromatic N) is 1. The second-order valence-electron chi connectivity index (χ2n) is 8.45. The number of rotatable bonds is 8. The van der Waals surface area contributed by atoms with Gasteiger partial charge in [0.2, 0.25) is 5.91 Å². The van der Waals surface area contributed by atoms with Crippen molar-refractivity contribution in [3.05, 3.63) is 29.8 Å². The first-order chi connectivity index (χ1) is 14.1. The van der Waals surface area contributed by atoms with Crippen LogP contribution in [0.1, 0.15) is 63.4 Å². The Hall–Kier alpha value is -1.51. The summed E-state index contributed by atoms with van der Waals surface area (Å²) < 4.78 is 5.23. The van der Waals surface area contributed by atoms with Gasteiger partial charge in [0, 0.05) is 31.6 Å². The van der Waals surface area contributed by atoms with Gasteiger partial charge in [-0.2, -0.15) is 0 Å². The molecule has 30 heavy (non-hydrogen) atoms. The number of aliphatic imine (C=N–C) groups is 1. The fourth-order valence-electron chi connectivity index (χ4n) is 4.00. The van der Waals surface area contributed by atoms with Crippen LogP contribution in [-0.2, 0) is 4.79 Å². The Kier molecular flexibility index (Phi) is 10.2. The van der Waals surface area contributed by atoms with E-state index in [4.69, 9.17) is 4.74 Å². The average Bonchev–Trinajstić information content (AvgIpc) is 3.57. The maximum Gasteiger partial charge on any atom is 0.223 e. The molecule has 2 aliphatic rings. The van der Waals surface area contributed by atoms with Crippen LogP contribution in [-0.4, -0.2) is 44.7 Å². The van der Waals surface area contributed by atoms with Crippen LogP contribution in [0.4, 0.5) is 0 Å². The summed E-state index contributed by atoms with van der Waals surface area (Å²) in [4.78, 5) is 16.8. The molecule has 168 valence electrons. The Balaban J connectivity index is 0.00000320. The number of halogens is 1. The van der Waals surface area contributed by atoms with Crippen molar-refractivity contribution in [1.82, 2.24) is 16.0 Å². The lowest BCUT2D eigenvalue weighted by Crippen LogP contribution is -2.47. The zero-order valence-electron chi connectivity index (χ0n) is 18.4. The van der Waals surface area contributed by atoms with E-state index >= 15 is 0 Å². The second kappa shape index (κ2) is 12.4. The van der Waals surface area contributed by atoms with E-state index in [0.29, 0.717) is 18.0 Å². The molecule has 1 aromatic rings. The summed E-state index contributed by atoms with van der Waals surface area (Å²) in [5.74, 6) is 2.56. The standard InChI is InChI=1S/C23H36N4O2.HI/c1-16(17-7-11-21(29-3)12-8-17)13-14-25-23(24-2)27-20-6-4-5-18(15-20)22(28)26-19-9-10-19;/h7-8,11-12,16,18-20H,4-6,9-10,13-15H2,1-3H3,(H,26,28)(H2,24,25,27);1H. The third-order valence-electron chi connectivity index (χ3n) is 6.09. The van der Waals surface area contributed by atoms with E-state index in [0.717, 1.165) is 63.2 Å². The van der Waals surface area contributed by atoms with E-state index in [-0.39, 0.29) is 35.8 Å². The molecule has 0 heterocycles. The average molecular weight is 528 g/mol. The molecule has 6 nitrogen and oxygen atoms in total. The molecule has 3 unspecified atom stereocenters. The first-order valence-corrected chi connectivity index (χ1v) is 11.0. The minimum atomic E-state index is 0. The molecule has 1 amide bonds. The number of methoxy groups -OCH3 is 1. The lowest BCUT2D eigenvalue weighted by atomic mass is 9.85. The molecule has 0 spiro atoms. The van der Waals surface area contributed by atoms with Crippen molar-refractivity contribution in [3.8, 4) is 5.75 Å². The molecule has 0 aliphatic heterocycles. The number of hydrogen-bond donors (Lipinski definition) is 3. The van der Waals surface area contributed by atoms with Crippen molar-refractivity contribution in [3.63, 3.8) is 0 Å². The highest BCUT2D eigenvalue weighted by Gasteiger charge is 2.31. The number of amides is 1. The number of nitrogens with one attached hydrogen (secondary N) is 3. The highest BCUT2D eigenvalue weighted by Crippen LogP contribution is 2.27. The fourth-order valence-corrected chi connectivity index (χ4v) is 4.00. The van der Waals surface area contributed by atoms with Crippen LogP contribution >= 0.6 is 24.0 Å². The maximum atomic E-state index is 12.4. The smallest absolute Gasteiger partial charge is 0.223 e. The van der Waals surface area contributed by atoms with E-state index in [2.05, 4.69) is 40.0 Å². The van der Waals surface area contributed by atoms with Crippen LogP contribution in [0.3, 0.4) is 0 Å². The molecule has 2 saturated carbocycles. The lowest BCUT2D eigenvalue weighted by molar-refractivity contribution is -0.126. The number of guanidine groups is 1. The van der Waals surface area contributed by atoms with Gasteiger partial charge in [-0.3, -0.25) is 9.79 Å². The van der Waals surface area contributed by atoms with Crippen LogP contribution in [0.25, 0.3) is 0 Å². The number of benzene rings is 1. The molecular weight excluding hydrogens is 491 g/mol. The topological polar surface area (TPSA) is 74.8 Å². The van der Waals surface area contributed by atoms with Gasteiger partial charge in [-0.25, -0.2) is 0 Å². The van der Waals surface area contributed by atoms with Crippen molar-refractivity contribution < 1.29 is 9.53 Å². The van der Waals surface area contributed by atoms with Crippen LogP contribution in [0.2, 0.25) is 0 Å². The molecule has 7 heteroatoms. The SMILES string of the molecule is CN=C(NCCC(C)c1ccc(OC)cc1)NC1CCCC(C(=O)NC2CC2)C1.I. The Bertz CT molecular complexity index is 691. The molecule has 1 aromatic carbocycles. The lowest BCUT2D eigenvalue weighted by Gasteiger charge is -2.30. The quantitative estimate of drug-likeness (QED) is 0.273. The Morgan fingerprint density at radius 1 is 1.13 bits per heavy atom. The normalized spacial score (nSPS) is 22.4. The van der Waals surface area contributed by atoms with Crippen molar-refractivity contribution in [2.24, 2.45) is 10.9 Å². The molecule has 2 fully saturated rings. The predicted molar refractivity (Wildman–Crippen MR) is 133 cm³/mol. The van der Waals surface area contributed by atoms with E-state index < -0.39 is 0 Å². The van der Waals surface area contributed by atoms with E-state index in [1.54, 1.807) is 7.11 Å². The van der Waals surface area contributed by atoms with Gasteiger partial charge in [-0.15, -0.1) is 24.0 Å². The number of ether oxygens (including phenoxy) is 1. The molecule has 0 saturated heterocycles. The Morgan fingerprint density at radius 3 is 2.50 bits per heavy atom. The van der Waals surface area contributed by atoms with Gasteiger partial charge in [0.05, 0.1) is 7.11 Å². The minimum absolute atomic E-state index is 0. The van der Waals surface area contributed by atoms with Gasteiger partial charge in [-0.05, 0) is 62.1 Å². The predicted octanol–water partition coefficient (Wildman–Crippen LogP) is 3.81. The number of hydrogen-bond acceptors (Lipinski definition) is 3. The summed E-state index contributed by atoms with van der Waals surface area (Å²) in [7, 11) is 3.50. The molecular formula is C23H37IN4O2. The summed E-state index contributed by atoms with van der Waals surface area (Å²) in [6, 6.07) is 9.04. The van der Waals surface area contributed by atoms with Crippen molar-refractivity contribution in [1.29, 1.82) is 0 Å². The summed E-state index contributed by atoms with van der Waals surface area (Å²) in [5, 5.41) is 10.1. The third-order valence-corrected chi connectivity index (χ3v) is 6.09. The molecule has 3 atom stereocenters. The molecule has 3 rings (SSSR count). The zero-order valence-corrected chi connectivity index (χ0v) is 20.8. The fraction of sp³-hybridized carbons (Fsp3) is 0.652. The van der Waals surface area contributed by atoms with Crippen LogP contribution in [0.15, 0.2) is 29.3 Å². The highest BCUT2D eigenvalue weighted by molar-refractivity contribution is 14.0. The summed E-state index contributed by atoms with van der Waals surface area (Å²) in [6.45, 7) is 3.09. The molecule has 0 bridgehead atoms. The van der Waals surface area contributed by atoms with E-state index in [9.17, 15) is 4.79 Å². The Morgan fingerprint density at radius 2 is 1.87 bits per heavy atom. The van der Waals surface area contributed by atoms with Crippen LogP contribution in [0, 0.1) is 5.92 Å². The largest absolute Gasteiger partial charge is 0.497 e. The van der Waals surface area contributed by atoms with Gasteiger partial charge >= 0.3 is 0 Å². The van der Waals surface area contributed by atoms with Crippen LogP contribution < -0.4 is 20.7 Å². The first kappa shape index (κ1) is 24.8. The Labute approximate surface area is 198 Å². The molecule has 0 radical (unpaired) electrons. The van der Waals surface area contributed by atoms with Crippen LogP contribution in [0.5, 0.6) is 5.75 Å². The third kappa shape index (κ3) is 7.63. The van der Waals surface area contributed by atoms with Gasteiger partial charge in [0.1, 0.15) is 5.75 Å². The maximum absolute atomic E-state index is 12.4. The van der Waals surface area contributed by atoms with Gasteiger partial charge in [-0.1, -0.05) is 25.5 Å². The minimum Gasteiger partial charge on any atom is -0.497 e. The zero-order chi connectivity index (χ0) is 20.6. The molecule has 0 aromatic heterocycles.